The van der Waals surface area contributed by atoms with Gasteiger partial charge in [-0.25, -0.2) is 22.4 Å². The third-order valence-corrected chi connectivity index (χ3v) is 5.20. The van der Waals surface area contributed by atoms with E-state index in [2.05, 4.69) is 13.2 Å². The highest BCUT2D eigenvalue weighted by molar-refractivity contribution is 5.64. The Labute approximate surface area is 186 Å². The molecule has 1 aromatic heterocycles. The molecule has 2 aromatic carbocycles. The Bertz CT molecular complexity index is 1360. The molecule has 172 valence electrons. The molecule has 0 spiro atoms. The van der Waals surface area contributed by atoms with Gasteiger partial charge in [0.25, 0.3) is 5.56 Å². The van der Waals surface area contributed by atoms with Crippen molar-refractivity contribution in [3.05, 3.63) is 111 Å². The Morgan fingerprint density at radius 3 is 1.73 bits per heavy atom. The molecule has 9 heteroatoms. The number of aromatic nitrogens is 2. The fraction of sp³-hybridized carbons (Fsp3) is 0.167. The van der Waals surface area contributed by atoms with Crippen molar-refractivity contribution >= 4 is 11.1 Å². The van der Waals surface area contributed by atoms with Gasteiger partial charge in [0.05, 0.1) is 6.07 Å². The number of nitrogens with zero attached hydrogens (tertiary/aromatic N) is 2. The van der Waals surface area contributed by atoms with Crippen molar-refractivity contribution in [2.75, 3.05) is 0 Å². The van der Waals surface area contributed by atoms with Crippen molar-refractivity contribution in [3.63, 3.8) is 0 Å². The predicted molar refractivity (Wildman–Crippen MR) is 117 cm³/mol. The normalized spacial score (nSPS) is 10.9. The smallest absolute Gasteiger partial charge is 0.333 e. The fourth-order valence-electron chi connectivity index (χ4n) is 3.34. The average Bonchev–Trinajstić information content (AvgIpc) is 2.76. The summed E-state index contributed by atoms with van der Waals surface area (Å²) in [7, 11) is 0. The summed E-state index contributed by atoms with van der Waals surface area (Å²) in [4.78, 5) is 25.0. The van der Waals surface area contributed by atoms with E-state index in [9.17, 15) is 32.3 Å². The summed E-state index contributed by atoms with van der Waals surface area (Å²) in [5, 5.41) is 10.1. The second kappa shape index (κ2) is 9.72. The Balaban J connectivity index is 1.80. The lowest BCUT2D eigenvalue weighted by Gasteiger charge is -2.14. The Kier molecular flexibility index (Phi) is 7.01. The van der Waals surface area contributed by atoms with Gasteiger partial charge >= 0.3 is 5.69 Å². The van der Waals surface area contributed by atoms with Gasteiger partial charge in [0.2, 0.25) is 5.88 Å². The lowest BCUT2D eigenvalue weighted by molar-refractivity contribution is 0.390. The highest BCUT2D eigenvalue weighted by Crippen LogP contribution is 2.23. The van der Waals surface area contributed by atoms with E-state index < -0.39 is 40.4 Å². The first kappa shape index (κ1) is 23.8. The highest BCUT2D eigenvalue weighted by Gasteiger charge is 2.16. The molecule has 0 aliphatic carbocycles. The van der Waals surface area contributed by atoms with Crippen LogP contribution in [0.4, 0.5) is 17.6 Å². The minimum absolute atomic E-state index is 0.0206. The van der Waals surface area contributed by atoms with Crippen LogP contribution in [0.15, 0.2) is 65.2 Å². The van der Waals surface area contributed by atoms with Gasteiger partial charge in [-0.15, -0.1) is 0 Å². The molecule has 3 aromatic rings. The maximum atomic E-state index is 14.0. The molecule has 0 saturated carbocycles. The predicted octanol–water partition coefficient (Wildman–Crippen LogP) is 4.48. The van der Waals surface area contributed by atoms with Crippen LogP contribution >= 0.6 is 0 Å². The van der Waals surface area contributed by atoms with Gasteiger partial charge < -0.3 is 5.11 Å². The summed E-state index contributed by atoms with van der Waals surface area (Å²) in [6.45, 7) is 7.02. The van der Waals surface area contributed by atoms with E-state index in [0.717, 1.165) is 27.3 Å². The number of hydrogen-bond donors (Lipinski definition) is 1. The third kappa shape index (κ3) is 4.97. The first-order valence-electron chi connectivity index (χ1n) is 9.89. The van der Waals surface area contributed by atoms with Crippen molar-refractivity contribution in [3.8, 4) is 5.88 Å². The molecule has 0 aliphatic heterocycles. The molecular weight excluding hydrogens is 440 g/mol. The molecule has 0 amide bonds. The van der Waals surface area contributed by atoms with Gasteiger partial charge in [-0.2, -0.15) is 0 Å². The zero-order valence-corrected chi connectivity index (χ0v) is 17.5. The van der Waals surface area contributed by atoms with Crippen molar-refractivity contribution in [2.24, 2.45) is 0 Å². The first-order valence-corrected chi connectivity index (χ1v) is 9.89. The maximum absolute atomic E-state index is 14.0. The minimum atomic E-state index is -1.08. The first-order chi connectivity index (χ1) is 15.6. The molecule has 0 bridgehead atoms. The average molecular weight is 460 g/mol. The van der Waals surface area contributed by atoms with Crippen LogP contribution in [0.1, 0.15) is 24.0 Å². The lowest BCUT2D eigenvalue weighted by atomic mass is 10.0. The lowest BCUT2D eigenvalue weighted by Crippen LogP contribution is -2.39. The maximum Gasteiger partial charge on any atom is 0.333 e. The van der Waals surface area contributed by atoms with E-state index in [1.54, 1.807) is 0 Å². The van der Waals surface area contributed by atoms with Crippen LogP contribution in [0.5, 0.6) is 5.88 Å². The van der Waals surface area contributed by atoms with Crippen LogP contribution in [0.25, 0.3) is 11.1 Å². The second-order valence-electron chi connectivity index (χ2n) is 7.34. The van der Waals surface area contributed by atoms with E-state index in [0.29, 0.717) is 0 Å². The van der Waals surface area contributed by atoms with Gasteiger partial charge in [0, 0.05) is 24.2 Å². The number of halogens is 4. The van der Waals surface area contributed by atoms with E-state index >= 15 is 0 Å². The largest absolute Gasteiger partial charge is 0.494 e. The monoisotopic (exact) mass is 460 g/mol. The molecule has 0 atom stereocenters. The van der Waals surface area contributed by atoms with E-state index in [-0.39, 0.29) is 48.2 Å². The van der Waals surface area contributed by atoms with Crippen LogP contribution in [-0.4, -0.2) is 14.2 Å². The van der Waals surface area contributed by atoms with Crippen molar-refractivity contribution in [2.45, 2.75) is 25.9 Å². The van der Waals surface area contributed by atoms with Gasteiger partial charge in [0.1, 0.15) is 0 Å². The van der Waals surface area contributed by atoms with Crippen LogP contribution < -0.4 is 11.2 Å². The second-order valence-corrected chi connectivity index (χ2v) is 7.34. The summed E-state index contributed by atoms with van der Waals surface area (Å²) >= 11 is 0. The number of aromatic hydroxyl groups is 1. The molecule has 0 aliphatic rings. The molecule has 0 radical (unpaired) electrons. The number of benzene rings is 2. The van der Waals surface area contributed by atoms with Crippen LogP contribution in [-0.2, 0) is 13.1 Å². The summed E-state index contributed by atoms with van der Waals surface area (Å²) in [5.74, 6) is -4.86. The Morgan fingerprint density at radius 2 is 1.24 bits per heavy atom. The van der Waals surface area contributed by atoms with Crippen LogP contribution in [0.3, 0.4) is 0 Å². The molecule has 0 saturated heterocycles. The van der Waals surface area contributed by atoms with Gasteiger partial charge in [-0.05, 0) is 36.1 Å². The zero-order chi connectivity index (χ0) is 24.3. The van der Waals surface area contributed by atoms with Gasteiger partial charge in [0.15, 0.2) is 23.3 Å². The Morgan fingerprint density at radius 1 is 0.788 bits per heavy atom. The van der Waals surface area contributed by atoms with Crippen LogP contribution in [0.2, 0.25) is 0 Å². The van der Waals surface area contributed by atoms with Crippen molar-refractivity contribution in [1.82, 2.24) is 9.13 Å². The molecule has 1 N–H and O–H groups in total. The summed E-state index contributed by atoms with van der Waals surface area (Å²) < 4.78 is 56.5. The van der Waals surface area contributed by atoms with E-state index in [1.165, 1.54) is 24.3 Å². The molecule has 1 heterocycles. The Hall–Kier alpha value is -3.88. The quantitative estimate of drug-likeness (QED) is 0.505. The molecule has 5 nitrogen and oxygen atoms in total. The molecule has 33 heavy (non-hydrogen) atoms. The number of hydrogen-bond acceptors (Lipinski definition) is 3. The van der Waals surface area contributed by atoms with E-state index in [1.807, 2.05) is 0 Å². The summed E-state index contributed by atoms with van der Waals surface area (Å²) in [6.07, 6.45) is -0.0608. The third-order valence-electron chi connectivity index (χ3n) is 5.20. The van der Waals surface area contributed by atoms with E-state index in [4.69, 9.17) is 0 Å². The van der Waals surface area contributed by atoms with Crippen molar-refractivity contribution < 1.29 is 22.7 Å². The fourth-order valence-corrected chi connectivity index (χ4v) is 3.34. The standard InChI is InChI=1S/C24H20F4N2O3/c1-14(16-5-3-7-18(25)22(16)27)9-11-29-20(31)13-21(32)30(24(29)33)12-10-15(2)17-6-4-8-19(26)23(17)28/h3-8,13,31H,1-2,9-12H2. The number of allylic oxidation sites excluding steroid dienone is 2. The highest BCUT2D eigenvalue weighted by atomic mass is 19.2. The van der Waals surface area contributed by atoms with Gasteiger partial charge in [-0.3, -0.25) is 13.9 Å². The summed E-state index contributed by atoms with van der Waals surface area (Å²) in [5.41, 5.74) is -1.44. The summed E-state index contributed by atoms with van der Waals surface area (Å²) in [6, 6.07) is 8.04. The molecule has 3 rings (SSSR count). The SMILES string of the molecule is C=C(CCn1c(O)cc(=O)n(CCC(=C)c2cccc(F)c2F)c1=O)c1cccc(F)c1F. The molecule has 0 fully saturated rings. The molecule has 0 unspecified atom stereocenters. The molecular formula is C24H20F4N2O3. The van der Waals surface area contributed by atoms with Crippen LogP contribution in [0, 0.1) is 23.3 Å². The zero-order valence-electron chi connectivity index (χ0n) is 17.5. The minimum Gasteiger partial charge on any atom is -0.494 e. The van der Waals surface area contributed by atoms with Crippen molar-refractivity contribution in [1.29, 1.82) is 0 Å². The topological polar surface area (TPSA) is 64.2 Å². The number of rotatable bonds is 8. The van der Waals surface area contributed by atoms with Gasteiger partial charge in [-0.1, -0.05) is 37.4 Å².